The zero-order valence-electron chi connectivity index (χ0n) is 7.70. The standard InChI is InChI=1S/C12H14O/c13-12-9-5-4-8-11(12)10-6-2-1-3-7-10/h1-3,6-7,11H,4-5,8-9H2/t11-/m1/s1. The summed E-state index contributed by atoms with van der Waals surface area (Å²) in [6.07, 6.45) is 4.11. The largest absolute Gasteiger partial charge is 0.299 e. The molecule has 0 bridgehead atoms. The summed E-state index contributed by atoms with van der Waals surface area (Å²) in [6, 6.07) is 10.1. The number of Topliss-reactive ketones (excluding diaryl/α,β-unsaturated/α-hetero) is 1. The quantitative estimate of drug-likeness (QED) is 0.639. The Kier molecular flexibility index (Phi) is 2.44. The van der Waals surface area contributed by atoms with E-state index in [0.717, 1.165) is 19.3 Å². The molecule has 0 saturated heterocycles. The van der Waals surface area contributed by atoms with Crippen molar-refractivity contribution in [1.82, 2.24) is 0 Å². The zero-order chi connectivity index (χ0) is 9.10. The van der Waals surface area contributed by atoms with E-state index in [2.05, 4.69) is 12.1 Å². The van der Waals surface area contributed by atoms with Crippen LogP contribution in [0.3, 0.4) is 0 Å². The molecule has 1 fully saturated rings. The summed E-state index contributed by atoms with van der Waals surface area (Å²) >= 11 is 0. The summed E-state index contributed by atoms with van der Waals surface area (Å²) in [4.78, 5) is 11.6. The number of benzene rings is 1. The molecule has 0 spiro atoms. The van der Waals surface area contributed by atoms with Gasteiger partial charge in [0.05, 0.1) is 0 Å². The molecule has 1 atom stereocenters. The van der Waals surface area contributed by atoms with E-state index in [1.165, 1.54) is 12.0 Å². The molecule has 0 unspecified atom stereocenters. The van der Waals surface area contributed by atoms with Crippen LogP contribution in [-0.2, 0) is 4.79 Å². The molecule has 2 rings (SSSR count). The van der Waals surface area contributed by atoms with E-state index in [0.29, 0.717) is 5.78 Å². The van der Waals surface area contributed by atoms with Crippen LogP contribution in [0.1, 0.15) is 37.2 Å². The van der Waals surface area contributed by atoms with E-state index >= 15 is 0 Å². The lowest BCUT2D eigenvalue weighted by Crippen LogP contribution is -2.16. The highest BCUT2D eigenvalue weighted by molar-refractivity contribution is 5.86. The SMILES string of the molecule is O=C1CCCC[C@@H]1c1ccccc1. The van der Waals surface area contributed by atoms with Gasteiger partial charge in [-0.1, -0.05) is 36.8 Å². The molecular weight excluding hydrogens is 160 g/mol. The van der Waals surface area contributed by atoms with Gasteiger partial charge in [0, 0.05) is 12.3 Å². The molecule has 1 aliphatic carbocycles. The van der Waals surface area contributed by atoms with Gasteiger partial charge < -0.3 is 0 Å². The Labute approximate surface area is 78.8 Å². The lowest BCUT2D eigenvalue weighted by atomic mass is 9.83. The highest BCUT2D eigenvalue weighted by Crippen LogP contribution is 2.29. The molecule has 1 aliphatic rings. The van der Waals surface area contributed by atoms with Gasteiger partial charge in [0.25, 0.3) is 0 Å². The van der Waals surface area contributed by atoms with E-state index in [1.807, 2.05) is 18.2 Å². The number of hydrogen-bond acceptors (Lipinski definition) is 1. The Morgan fingerprint density at radius 1 is 1.08 bits per heavy atom. The van der Waals surface area contributed by atoms with Crippen LogP contribution in [0.4, 0.5) is 0 Å². The Balaban J connectivity index is 2.20. The predicted molar refractivity (Wildman–Crippen MR) is 52.7 cm³/mol. The molecule has 0 aromatic heterocycles. The van der Waals surface area contributed by atoms with Crippen molar-refractivity contribution in [1.29, 1.82) is 0 Å². The summed E-state index contributed by atoms with van der Waals surface area (Å²) in [7, 11) is 0. The highest BCUT2D eigenvalue weighted by Gasteiger charge is 2.22. The summed E-state index contributed by atoms with van der Waals surface area (Å²) < 4.78 is 0. The van der Waals surface area contributed by atoms with Gasteiger partial charge >= 0.3 is 0 Å². The molecule has 0 aliphatic heterocycles. The van der Waals surface area contributed by atoms with Crippen LogP contribution in [0.2, 0.25) is 0 Å². The molecule has 1 aromatic carbocycles. The van der Waals surface area contributed by atoms with E-state index in [9.17, 15) is 4.79 Å². The third kappa shape index (κ3) is 1.80. The summed E-state index contributed by atoms with van der Waals surface area (Å²) in [5.74, 6) is 0.618. The van der Waals surface area contributed by atoms with Crippen molar-refractivity contribution in [3.05, 3.63) is 35.9 Å². The zero-order valence-corrected chi connectivity index (χ0v) is 7.70. The van der Waals surface area contributed by atoms with E-state index in [-0.39, 0.29) is 5.92 Å². The van der Waals surface area contributed by atoms with Gasteiger partial charge in [0.1, 0.15) is 5.78 Å². The molecule has 0 N–H and O–H groups in total. The highest BCUT2D eigenvalue weighted by atomic mass is 16.1. The predicted octanol–water partition coefficient (Wildman–Crippen LogP) is 2.91. The van der Waals surface area contributed by atoms with Crippen molar-refractivity contribution in [2.24, 2.45) is 0 Å². The molecule has 1 aromatic rings. The Morgan fingerprint density at radius 2 is 1.85 bits per heavy atom. The van der Waals surface area contributed by atoms with Crippen molar-refractivity contribution in [2.75, 3.05) is 0 Å². The number of rotatable bonds is 1. The van der Waals surface area contributed by atoms with Gasteiger partial charge in [0.2, 0.25) is 0 Å². The van der Waals surface area contributed by atoms with Crippen LogP contribution in [0, 0.1) is 0 Å². The Bertz CT molecular complexity index is 289. The summed E-state index contributed by atoms with van der Waals surface area (Å²) in [6.45, 7) is 0. The fourth-order valence-electron chi connectivity index (χ4n) is 2.02. The van der Waals surface area contributed by atoms with Crippen LogP contribution in [0.25, 0.3) is 0 Å². The topological polar surface area (TPSA) is 17.1 Å². The molecule has 1 saturated carbocycles. The molecule has 1 heteroatoms. The number of ketones is 1. The second-order valence-electron chi connectivity index (χ2n) is 3.68. The first-order valence-electron chi connectivity index (χ1n) is 4.95. The lowest BCUT2D eigenvalue weighted by molar-refractivity contribution is -0.121. The van der Waals surface area contributed by atoms with Crippen LogP contribution in [-0.4, -0.2) is 5.78 Å². The smallest absolute Gasteiger partial charge is 0.140 e. The molecule has 0 amide bonds. The first-order chi connectivity index (χ1) is 6.38. The fourth-order valence-corrected chi connectivity index (χ4v) is 2.02. The normalized spacial score (nSPS) is 23.1. The maximum atomic E-state index is 11.6. The van der Waals surface area contributed by atoms with Crippen molar-refractivity contribution < 1.29 is 4.79 Å². The molecule has 0 heterocycles. The minimum absolute atomic E-state index is 0.190. The number of carbonyl (C=O) groups is 1. The van der Waals surface area contributed by atoms with Gasteiger partial charge in [-0.2, -0.15) is 0 Å². The monoisotopic (exact) mass is 174 g/mol. The number of carbonyl (C=O) groups excluding carboxylic acids is 1. The second kappa shape index (κ2) is 3.73. The fraction of sp³-hybridized carbons (Fsp3) is 0.417. The Hall–Kier alpha value is -1.11. The van der Waals surface area contributed by atoms with Crippen LogP contribution < -0.4 is 0 Å². The maximum Gasteiger partial charge on any atom is 0.140 e. The van der Waals surface area contributed by atoms with Crippen LogP contribution >= 0.6 is 0 Å². The molecule has 0 radical (unpaired) electrons. The second-order valence-corrected chi connectivity index (χ2v) is 3.68. The van der Waals surface area contributed by atoms with E-state index < -0.39 is 0 Å². The molecule has 1 nitrogen and oxygen atoms in total. The molecular formula is C12H14O. The van der Waals surface area contributed by atoms with E-state index in [4.69, 9.17) is 0 Å². The number of hydrogen-bond donors (Lipinski definition) is 0. The third-order valence-electron chi connectivity index (χ3n) is 2.76. The van der Waals surface area contributed by atoms with Gasteiger partial charge in [-0.15, -0.1) is 0 Å². The molecule has 68 valence electrons. The van der Waals surface area contributed by atoms with Gasteiger partial charge in [-0.05, 0) is 18.4 Å². The summed E-state index contributed by atoms with van der Waals surface area (Å²) in [5.41, 5.74) is 1.20. The van der Waals surface area contributed by atoms with Gasteiger partial charge in [-0.25, -0.2) is 0 Å². The first kappa shape index (κ1) is 8.49. The first-order valence-corrected chi connectivity index (χ1v) is 4.95. The third-order valence-corrected chi connectivity index (χ3v) is 2.76. The molecule has 13 heavy (non-hydrogen) atoms. The van der Waals surface area contributed by atoms with Gasteiger partial charge in [0.15, 0.2) is 0 Å². The average Bonchev–Trinajstić information content (AvgIpc) is 2.20. The van der Waals surface area contributed by atoms with Crippen molar-refractivity contribution >= 4 is 5.78 Å². The maximum absolute atomic E-state index is 11.6. The summed E-state index contributed by atoms with van der Waals surface area (Å²) in [5, 5.41) is 0. The average molecular weight is 174 g/mol. The van der Waals surface area contributed by atoms with Gasteiger partial charge in [-0.3, -0.25) is 4.79 Å². The Morgan fingerprint density at radius 3 is 2.54 bits per heavy atom. The van der Waals surface area contributed by atoms with Crippen LogP contribution in [0.5, 0.6) is 0 Å². The van der Waals surface area contributed by atoms with Crippen molar-refractivity contribution in [3.63, 3.8) is 0 Å². The lowest BCUT2D eigenvalue weighted by Gasteiger charge is -2.20. The van der Waals surface area contributed by atoms with Crippen LogP contribution in [0.15, 0.2) is 30.3 Å². The minimum Gasteiger partial charge on any atom is -0.299 e. The minimum atomic E-state index is 0.190. The van der Waals surface area contributed by atoms with Crippen molar-refractivity contribution in [2.45, 2.75) is 31.6 Å². The van der Waals surface area contributed by atoms with Crippen molar-refractivity contribution in [3.8, 4) is 0 Å². The van der Waals surface area contributed by atoms with E-state index in [1.54, 1.807) is 0 Å².